The highest BCUT2D eigenvalue weighted by Gasteiger charge is 2.27. The van der Waals surface area contributed by atoms with Crippen LogP contribution in [0, 0.1) is 0 Å². The van der Waals surface area contributed by atoms with Crippen LogP contribution in [0.25, 0.3) is 0 Å². The van der Waals surface area contributed by atoms with E-state index in [1.165, 1.54) is 0 Å². The lowest BCUT2D eigenvalue weighted by Gasteiger charge is -2.43. The first-order chi connectivity index (χ1) is 6.69. The second kappa shape index (κ2) is 5.49. The molecule has 3 heteroatoms. The first-order valence-corrected chi connectivity index (χ1v) is 5.35. The van der Waals surface area contributed by atoms with E-state index in [1.807, 2.05) is 6.08 Å². The van der Waals surface area contributed by atoms with Crippen molar-refractivity contribution >= 4 is 0 Å². The van der Waals surface area contributed by atoms with Gasteiger partial charge in [-0.05, 0) is 20.4 Å². The number of aliphatic hydroxyl groups is 1. The minimum atomic E-state index is 0.278. The molecule has 1 fully saturated rings. The molecule has 0 spiro atoms. The van der Waals surface area contributed by atoms with E-state index in [-0.39, 0.29) is 6.61 Å². The van der Waals surface area contributed by atoms with Crippen molar-refractivity contribution < 1.29 is 5.11 Å². The quantitative estimate of drug-likeness (QED) is 0.669. The molecule has 1 N–H and O–H groups in total. The molecule has 3 nitrogen and oxygen atoms in total. The Morgan fingerprint density at radius 3 is 2.79 bits per heavy atom. The molecule has 1 heterocycles. The van der Waals surface area contributed by atoms with Gasteiger partial charge in [-0.3, -0.25) is 4.90 Å². The Hall–Kier alpha value is -0.380. The molecule has 1 saturated heterocycles. The van der Waals surface area contributed by atoms with Crippen LogP contribution < -0.4 is 0 Å². The lowest BCUT2D eigenvalue weighted by molar-refractivity contribution is 0.0473. The number of aliphatic hydroxyl groups excluding tert-OH is 1. The SMILES string of the molecule is C=CCN1CC(C)N(C)CC1CCO. The summed E-state index contributed by atoms with van der Waals surface area (Å²) in [7, 11) is 2.15. The lowest BCUT2D eigenvalue weighted by Crippen LogP contribution is -2.56. The molecule has 1 rings (SSSR count). The van der Waals surface area contributed by atoms with Gasteiger partial charge in [0.05, 0.1) is 0 Å². The smallest absolute Gasteiger partial charge is 0.0446 e. The van der Waals surface area contributed by atoms with Crippen LogP contribution in [0.5, 0.6) is 0 Å². The second-order valence-corrected chi connectivity index (χ2v) is 4.20. The van der Waals surface area contributed by atoms with E-state index in [0.29, 0.717) is 12.1 Å². The van der Waals surface area contributed by atoms with Crippen LogP contribution in [0.3, 0.4) is 0 Å². The maximum absolute atomic E-state index is 8.99. The van der Waals surface area contributed by atoms with E-state index >= 15 is 0 Å². The summed E-state index contributed by atoms with van der Waals surface area (Å²) in [4.78, 5) is 4.77. The van der Waals surface area contributed by atoms with Gasteiger partial charge in [-0.2, -0.15) is 0 Å². The van der Waals surface area contributed by atoms with Crippen LogP contribution in [0.15, 0.2) is 12.7 Å². The van der Waals surface area contributed by atoms with Crippen molar-refractivity contribution in [3.8, 4) is 0 Å². The van der Waals surface area contributed by atoms with Crippen LogP contribution in [0.1, 0.15) is 13.3 Å². The number of hydrogen-bond acceptors (Lipinski definition) is 3. The Labute approximate surface area is 87.0 Å². The highest BCUT2D eigenvalue weighted by Crippen LogP contribution is 2.15. The zero-order valence-corrected chi connectivity index (χ0v) is 9.32. The molecule has 0 amide bonds. The monoisotopic (exact) mass is 198 g/mol. The largest absolute Gasteiger partial charge is 0.396 e. The van der Waals surface area contributed by atoms with E-state index < -0.39 is 0 Å². The summed E-state index contributed by atoms with van der Waals surface area (Å²) in [5.74, 6) is 0. The zero-order chi connectivity index (χ0) is 10.6. The molecular weight excluding hydrogens is 176 g/mol. The van der Waals surface area contributed by atoms with Crippen molar-refractivity contribution in [3.63, 3.8) is 0 Å². The van der Waals surface area contributed by atoms with Gasteiger partial charge in [0.25, 0.3) is 0 Å². The highest BCUT2D eigenvalue weighted by atomic mass is 16.3. The average molecular weight is 198 g/mol. The van der Waals surface area contributed by atoms with Crippen LogP contribution in [-0.2, 0) is 0 Å². The number of hydrogen-bond donors (Lipinski definition) is 1. The van der Waals surface area contributed by atoms with Crippen LogP contribution in [0.2, 0.25) is 0 Å². The van der Waals surface area contributed by atoms with Gasteiger partial charge in [0.2, 0.25) is 0 Å². The molecule has 0 aromatic heterocycles. The Kier molecular flexibility index (Phi) is 4.58. The topological polar surface area (TPSA) is 26.7 Å². The first-order valence-electron chi connectivity index (χ1n) is 5.35. The van der Waals surface area contributed by atoms with E-state index in [1.54, 1.807) is 0 Å². The minimum absolute atomic E-state index is 0.278. The van der Waals surface area contributed by atoms with Gasteiger partial charge in [-0.25, -0.2) is 0 Å². The lowest BCUT2D eigenvalue weighted by atomic mass is 10.1. The summed E-state index contributed by atoms with van der Waals surface area (Å²) in [5, 5.41) is 8.99. The third-order valence-electron chi connectivity index (χ3n) is 3.09. The fourth-order valence-corrected chi connectivity index (χ4v) is 2.07. The molecule has 14 heavy (non-hydrogen) atoms. The Morgan fingerprint density at radius 1 is 1.50 bits per heavy atom. The van der Waals surface area contributed by atoms with E-state index in [4.69, 9.17) is 5.11 Å². The third kappa shape index (κ3) is 2.80. The standard InChI is InChI=1S/C11H22N2O/c1-4-6-13-8-10(2)12(3)9-11(13)5-7-14/h4,10-11,14H,1,5-9H2,2-3H3. The third-order valence-corrected chi connectivity index (χ3v) is 3.09. The predicted octanol–water partition coefficient (Wildman–Crippen LogP) is 0.559. The molecule has 0 radical (unpaired) electrons. The summed E-state index contributed by atoms with van der Waals surface area (Å²) in [6.07, 6.45) is 2.81. The fraction of sp³-hybridized carbons (Fsp3) is 0.818. The average Bonchev–Trinajstić information content (AvgIpc) is 2.14. The maximum atomic E-state index is 8.99. The van der Waals surface area contributed by atoms with Crippen molar-refractivity contribution in [1.29, 1.82) is 0 Å². The Balaban J connectivity index is 2.54. The van der Waals surface area contributed by atoms with Gasteiger partial charge in [0.15, 0.2) is 0 Å². The molecule has 0 aliphatic carbocycles. The number of rotatable bonds is 4. The molecule has 2 atom stereocenters. The van der Waals surface area contributed by atoms with Gasteiger partial charge in [-0.15, -0.1) is 6.58 Å². The summed E-state index contributed by atoms with van der Waals surface area (Å²) >= 11 is 0. The van der Waals surface area contributed by atoms with E-state index in [2.05, 4.69) is 30.4 Å². The van der Waals surface area contributed by atoms with Gasteiger partial charge in [0.1, 0.15) is 0 Å². The Morgan fingerprint density at radius 2 is 2.21 bits per heavy atom. The van der Waals surface area contributed by atoms with Crippen molar-refractivity contribution in [1.82, 2.24) is 9.80 Å². The number of likely N-dealkylation sites (N-methyl/N-ethyl adjacent to an activating group) is 1. The van der Waals surface area contributed by atoms with Crippen molar-refractivity contribution in [2.45, 2.75) is 25.4 Å². The molecule has 1 aliphatic rings. The van der Waals surface area contributed by atoms with Gasteiger partial charge in [0, 0.05) is 38.3 Å². The summed E-state index contributed by atoms with van der Waals surface area (Å²) in [5.41, 5.74) is 0. The van der Waals surface area contributed by atoms with E-state index in [9.17, 15) is 0 Å². The number of piperazine rings is 1. The van der Waals surface area contributed by atoms with Gasteiger partial charge >= 0.3 is 0 Å². The van der Waals surface area contributed by atoms with E-state index in [0.717, 1.165) is 26.1 Å². The van der Waals surface area contributed by atoms with Crippen LogP contribution in [0.4, 0.5) is 0 Å². The second-order valence-electron chi connectivity index (χ2n) is 4.20. The molecule has 0 bridgehead atoms. The maximum Gasteiger partial charge on any atom is 0.0446 e. The molecule has 0 aromatic carbocycles. The Bertz CT molecular complexity index is 184. The fourth-order valence-electron chi connectivity index (χ4n) is 2.07. The summed E-state index contributed by atoms with van der Waals surface area (Å²) < 4.78 is 0. The summed E-state index contributed by atoms with van der Waals surface area (Å²) in [6, 6.07) is 1.09. The summed E-state index contributed by atoms with van der Waals surface area (Å²) in [6.45, 7) is 9.36. The van der Waals surface area contributed by atoms with Crippen molar-refractivity contribution in [2.24, 2.45) is 0 Å². The van der Waals surface area contributed by atoms with Gasteiger partial charge in [-0.1, -0.05) is 6.08 Å². The molecular formula is C11H22N2O. The normalized spacial score (nSPS) is 30.5. The predicted molar refractivity (Wildman–Crippen MR) is 59.4 cm³/mol. The molecule has 82 valence electrons. The molecule has 0 aromatic rings. The van der Waals surface area contributed by atoms with Crippen molar-refractivity contribution in [2.75, 3.05) is 33.3 Å². The first kappa shape index (κ1) is 11.7. The van der Waals surface area contributed by atoms with Crippen LogP contribution in [-0.4, -0.2) is 60.3 Å². The zero-order valence-electron chi connectivity index (χ0n) is 9.32. The molecule has 0 saturated carbocycles. The molecule has 1 aliphatic heterocycles. The molecule has 2 unspecified atom stereocenters. The van der Waals surface area contributed by atoms with Crippen LogP contribution >= 0.6 is 0 Å². The minimum Gasteiger partial charge on any atom is -0.396 e. The highest BCUT2D eigenvalue weighted by molar-refractivity contribution is 4.88. The van der Waals surface area contributed by atoms with Gasteiger partial charge < -0.3 is 10.0 Å². The van der Waals surface area contributed by atoms with Crippen molar-refractivity contribution in [3.05, 3.63) is 12.7 Å². The number of nitrogens with zero attached hydrogens (tertiary/aromatic N) is 2.